The monoisotopic (exact) mass is 284 g/mol. The largest absolute Gasteiger partial charge is 0.272 e. The first-order chi connectivity index (χ1) is 9.54. The summed E-state index contributed by atoms with van der Waals surface area (Å²) in [6.45, 7) is 1.66. The molecule has 1 N–H and O–H groups in total. The molecule has 1 fully saturated rings. The van der Waals surface area contributed by atoms with Crippen LogP contribution in [0.4, 0.5) is 0 Å². The molecule has 5 nitrogen and oxygen atoms in total. The third-order valence-corrected chi connectivity index (χ3v) is 4.47. The molecular weight excluding hydrogens is 276 g/mol. The summed E-state index contributed by atoms with van der Waals surface area (Å²) in [5.41, 5.74) is 1.01. The fraction of sp³-hybridized carbons (Fsp3) is 0.286. The van der Waals surface area contributed by atoms with Gasteiger partial charge in [-0.1, -0.05) is 23.7 Å². The molecule has 0 radical (unpaired) electrons. The molecule has 0 saturated heterocycles. The summed E-state index contributed by atoms with van der Waals surface area (Å²) in [6, 6.07) is 10.9. The SMILES string of the molecule is CC1=NNC(=O)C12C(c1ccc(Cl)cc1)C2(C#N)C#N. The molecule has 2 unspecified atom stereocenters. The zero-order valence-corrected chi connectivity index (χ0v) is 11.3. The lowest BCUT2D eigenvalue weighted by atomic mass is 9.90. The molecule has 98 valence electrons. The van der Waals surface area contributed by atoms with Gasteiger partial charge in [0.25, 0.3) is 5.91 Å². The maximum atomic E-state index is 12.2. The number of carbonyl (C=O) groups is 1. The van der Waals surface area contributed by atoms with Crippen molar-refractivity contribution >= 4 is 23.2 Å². The first kappa shape index (κ1) is 12.7. The third-order valence-electron chi connectivity index (χ3n) is 4.21. The van der Waals surface area contributed by atoms with Crippen LogP contribution in [0.15, 0.2) is 29.4 Å². The zero-order valence-electron chi connectivity index (χ0n) is 10.5. The molecule has 3 rings (SSSR count). The predicted molar refractivity (Wildman–Crippen MR) is 71.5 cm³/mol. The summed E-state index contributed by atoms with van der Waals surface area (Å²) in [6.07, 6.45) is 0. The van der Waals surface area contributed by atoms with Crippen molar-refractivity contribution in [2.24, 2.45) is 15.9 Å². The Bertz CT molecular complexity index is 711. The van der Waals surface area contributed by atoms with Crippen LogP contribution in [0.3, 0.4) is 0 Å². The van der Waals surface area contributed by atoms with Crippen molar-refractivity contribution in [1.82, 2.24) is 5.43 Å². The van der Waals surface area contributed by atoms with Crippen LogP contribution in [-0.4, -0.2) is 11.6 Å². The van der Waals surface area contributed by atoms with E-state index in [1.165, 1.54) is 0 Å². The van der Waals surface area contributed by atoms with Crippen molar-refractivity contribution in [2.75, 3.05) is 0 Å². The number of nitriles is 2. The van der Waals surface area contributed by atoms with Crippen molar-refractivity contribution in [1.29, 1.82) is 10.5 Å². The minimum atomic E-state index is -1.41. The number of hydrazone groups is 1. The van der Waals surface area contributed by atoms with Gasteiger partial charge in [0.2, 0.25) is 0 Å². The molecule has 2 atom stereocenters. The van der Waals surface area contributed by atoms with Crippen LogP contribution in [0.1, 0.15) is 18.4 Å². The van der Waals surface area contributed by atoms with E-state index in [-0.39, 0.29) is 0 Å². The maximum Gasteiger partial charge on any atom is 0.255 e. The highest BCUT2D eigenvalue weighted by atomic mass is 35.5. The van der Waals surface area contributed by atoms with Gasteiger partial charge in [0.1, 0.15) is 5.41 Å². The normalized spacial score (nSPS) is 29.3. The van der Waals surface area contributed by atoms with Crippen molar-refractivity contribution < 1.29 is 4.79 Å². The molecule has 1 aliphatic carbocycles. The fourth-order valence-corrected chi connectivity index (χ4v) is 3.37. The van der Waals surface area contributed by atoms with Gasteiger partial charge in [-0.15, -0.1) is 0 Å². The summed E-state index contributed by atoms with van der Waals surface area (Å²) >= 11 is 5.85. The molecule has 6 heteroatoms. The number of nitrogens with zero attached hydrogens (tertiary/aromatic N) is 3. The van der Waals surface area contributed by atoms with Gasteiger partial charge < -0.3 is 0 Å². The van der Waals surface area contributed by atoms with Gasteiger partial charge in [0.05, 0.1) is 17.9 Å². The molecule has 1 aromatic rings. The fourth-order valence-electron chi connectivity index (χ4n) is 3.24. The highest BCUT2D eigenvalue weighted by Crippen LogP contribution is 2.75. The van der Waals surface area contributed by atoms with Gasteiger partial charge in [-0.2, -0.15) is 15.6 Å². The second-order valence-corrected chi connectivity index (χ2v) is 5.40. The number of nitrogens with one attached hydrogen (secondary N) is 1. The van der Waals surface area contributed by atoms with Gasteiger partial charge >= 0.3 is 0 Å². The van der Waals surface area contributed by atoms with E-state index in [9.17, 15) is 15.3 Å². The van der Waals surface area contributed by atoms with Crippen LogP contribution in [0.2, 0.25) is 5.02 Å². The Morgan fingerprint density at radius 1 is 1.30 bits per heavy atom. The van der Waals surface area contributed by atoms with Gasteiger partial charge in [-0.05, 0) is 24.6 Å². The molecule has 1 amide bonds. The summed E-state index contributed by atoms with van der Waals surface area (Å²) < 4.78 is 0. The Labute approximate surface area is 120 Å². The van der Waals surface area contributed by atoms with Gasteiger partial charge in [0, 0.05) is 10.9 Å². The van der Waals surface area contributed by atoms with E-state index in [2.05, 4.69) is 10.5 Å². The number of amides is 1. The van der Waals surface area contributed by atoms with Crippen molar-refractivity contribution in [3.05, 3.63) is 34.9 Å². The molecule has 1 heterocycles. The quantitative estimate of drug-likeness (QED) is 0.855. The molecule has 0 bridgehead atoms. The van der Waals surface area contributed by atoms with E-state index >= 15 is 0 Å². The molecule has 1 spiro atoms. The number of carbonyl (C=O) groups excluding carboxylic acids is 1. The number of hydrogen-bond acceptors (Lipinski definition) is 4. The average Bonchev–Trinajstić information content (AvgIpc) is 2.99. The maximum absolute atomic E-state index is 12.2. The summed E-state index contributed by atoms with van der Waals surface area (Å²) in [5.74, 6) is -0.911. The van der Waals surface area contributed by atoms with Crippen LogP contribution in [0, 0.1) is 33.5 Å². The third kappa shape index (κ3) is 1.16. The smallest absolute Gasteiger partial charge is 0.255 e. The number of benzene rings is 1. The lowest BCUT2D eigenvalue weighted by molar-refractivity contribution is -0.123. The van der Waals surface area contributed by atoms with E-state index in [1.54, 1.807) is 31.2 Å². The molecule has 1 aliphatic heterocycles. The van der Waals surface area contributed by atoms with E-state index < -0.39 is 22.7 Å². The molecule has 2 aliphatic rings. The number of rotatable bonds is 1. The minimum Gasteiger partial charge on any atom is -0.272 e. The van der Waals surface area contributed by atoms with Crippen molar-refractivity contribution in [3.8, 4) is 12.1 Å². The standard InChI is InChI=1S/C14H9ClN4O/c1-8-14(12(20)19-18-8)11(13(14,6-16)7-17)9-2-4-10(15)5-3-9/h2-5,11H,1H3,(H,19,20). The topological polar surface area (TPSA) is 89.0 Å². The van der Waals surface area contributed by atoms with Crippen LogP contribution in [-0.2, 0) is 4.79 Å². The van der Waals surface area contributed by atoms with E-state index in [4.69, 9.17) is 11.6 Å². The zero-order chi connectivity index (χ0) is 14.5. The minimum absolute atomic E-state index is 0.391. The molecule has 0 aromatic heterocycles. The Hall–Kier alpha value is -2.37. The number of hydrogen-bond donors (Lipinski definition) is 1. The molecule has 1 saturated carbocycles. The van der Waals surface area contributed by atoms with Crippen LogP contribution < -0.4 is 5.43 Å². The second-order valence-electron chi connectivity index (χ2n) is 4.96. The lowest BCUT2D eigenvalue weighted by Gasteiger charge is -2.06. The van der Waals surface area contributed by atoms with Gasteiger partial charge in [0.15, 0.2) is 5.41 Å². The Morgan fingerprint density at radius 3 is 2.35 bits per heavy atom. The van der Waals surface area contributed by atoms with Crippen molar-refractivity contribution in [3.63, 3.8) is 0 Å². The highest BCUT2D eigenvalue weighted by molar-refractivity contribution is 6.30. The van der Waals surface area contributed by atoms with Crippen LogP contribution in [0.5, 0.6) is 0 Å². The molecular formula is C14H9ClN4O. The molecule has 1 aromatic carbocycles. The number of halogens is 1. The van der Waals surface area contributed by atoms with E-state index in [1.807, 2.05) is 12.1 Å². The predicted octanol–water partition coefficient (Wildman–Crippen LogP) is 1.96. The van der Waals surface area contributed by atoms with Crippen LogP contribution >= 0.6 is 11.6 Å². The summed E-state index contributed by atoms with van der Waals surface area (Å²) in [4.78, 5) is 12.2. The first-order valence-electron chi connectivity index (χ1n) is 5.97. The summed E-state index contributed by atoms with van der Waals surface area (Å²) in [5, 5.41) is 23.4. The molecule has 20 heavy (non-hydrogen) atoms. The summed E-state index contributed by atoms with van der Waals surface area (Å²) in [7, 11) is 0. The van der Waals surface area contributed by atoms with Crippen LogP contribution in [0.25, 0.3) is 0 Å². The van der Waals surface area contributed by atoms with Crippen molar-refractivity contribution in [2.45, 2.75) is 12.8 Å². The van der Waals surface area contributed by atoms with E-state index in [0.717, 1.165) is 5.56 Å². The van der Waals surface area contributed by atoms with Gasteiger partial charge in [-0.25, -0.2) is 5.43 Å². The second kappa shape index (κ2) is 3.82. The first-order valence-corrected chi connectivity index (χ1v) is 6.35. The Balaban J connectivity index is 2.19. The highest BCUT2D eigenvalue weighted by Gasteiger charge is 2.86. The average molecular weight is 285 g/mol. The van der Waals surface area contributed by atoms with Gasteiger partial charge in [-0.3, -0.25) is 4.79 Å². The van der Waals surface area contributed by atoms with E-state index in [0.29, 0.717) is 10.7 Å². The Kier molecular flexibility index (Phi) is 2.41. The lowest BCUT2D eigenvalue weighted by Crippen LogP contribution is -2.29. The Morgan fingerprint density at radius 2 is 1.90 bits per heavy atom.